The van der Waals surface area contributed by atoms with Crippen LogP contribution >= 0.6 is 0 Å². The maximum Gasteiger partial charge on any atom is 1.00 e. The summed E-state index contributed by atoms with van der Waals surface area (Å²) in [6.45, 7) is 8.58. The summed E-state index contributed by atoms with van der Waals surface area (Å²) in [7, 11) is -4.82. The maximum absolute atomic E-state index is 11.0. The van der Waals surface area contributed by atoms with E-state index in [0.29, 0.717) is 5.75 Å². The molecule has 0 bridgehead atoms. The second kappa shape index (κ2) is 18.9. The van der Waals surface area contributed by atoms with E-state index in [9.17, 15) is 23.1 Å². The summed E-state index contributed by atoms with van der Waals surface area (Å²) in [5.74, 6) is -2.82. The first-order valence-electron chi connectivity index (χ1n) is 7.85. The van der Waals surface area contributed by atoms with Crippen molar-refractivity contribution in [2.75, 3.05) is 19.8 Å². The van der Waals surface area contributed by atoms with Crippen LogP contribution in [0.3, 0.4) is 0 Å². The molecule has 0 radical (unpaired) electrons. The molecule has 2 N–H and O–H groups in total. The van der Waals surface area contributed by atoms with Crippen LogP contribution in [0.2, 0.25) is 0 Å². The first-order chi connectivity index (χ1) is 12.6. The quantitative estimate of drug-likeness (QED) is 0.199. The van der Waals surface area contributed by atoms with Crippen LogP contribution in [0.15, 0.2) is 43.0 Å². The molecule has 154 valence electrons. The fraction of sp³-hybridized carbons (Fsp3) is 0.412. The first kappa shape index (κ1) is 31.3. The van der Waals surface area contributed by atoms with E-state index in [1.807, 2.05) is 19.9 Å². The molecule has 0 fully saturated rings. The number of para-hydroxylation sites is 1. The largest absolute Gasteiger partial charge is 1.00 e. The van der Waals surface area contributed by atoms with Crippen LogP contribution in [-0.4, -0.2) is 55.1 Å². The van der Waals surface area contributed by atoms with Crippen molar-refractivity contribution in [1.29, 1.82) is 0 Å². The first-order valence-corrected chi connectivity index (χ1v) is 9.35. The Morgan fingerprint density at radius 2 is 1.71 bits per heavy atom. The van der Waals surface area contributed by atoms with E-state index < -0.39 is 33.7 Å². The number of aliphatic carboxylic acids is 1. The number of phenolic OH excluding ortho intramolecular Hbond substituents is 1. The number of hydrogen-bond acceptors (Lipinski definition) is 8. The van der Waals surface area contributed by atoms with Crippen LogP contribution in [0.4, 0.5) is 0 Å². The molecule has 0 aliphatic rings. The van der Waals surface area contributed by atoms with Gasteiger partial charge in [-0.25, -0.2) is 0 Å². The number of aromatic hydroxyl groups is 1. The zero-order chi connectivity index (χ0) is 21.3. The summed E-state index contributed by atoms with van der Waals surface area (Å²) >= 11 is 0. The minimum atomic E-state index is -4.82. The maximum atomic E-state index is 11.0. The molecule has 1 atom stereocenters. The third kappa shape index (κ3) is 19.3. The summed E-state index contributed by atoms with van der Waals surface area (Å²) in [4.78, 5) is 21.1. The van der Waals surface area contributed by atoms with Crippen LogP contribution in [-0.2, 0) is 29.2 Å². The number of carboxylic acid groups (broad SMARTS) is 1. The van der Waals surface area contributed by atoms with Gasteiger partial charge in [0.15, 0.2) is 5.25 Å². The van der Waals surface area contributed by atoms with Gasteiger partial charge in [-0.3, -0.25) is 9.35 Å². The van der Waals surface area contributed by atoms with E-state index in [0.717, 1.165) is 19.3 Å². The molecule has 0 saturated heterocycles. The van der Waals surface area contributed by atoms with Crippen molar-refractivity contribution in [2.45, 2.75) is 25.5 Å². The van der Waals surface area contributed by atoms with Crippen LogP contribution < -0.4 is 34.7 Å². The van der Waals surface area contributed by atoms with Gasteiger partial charge in [-0.15, -0.1) is 0 Å². The molecule has 0 aromatic heterocycles. The summed E-state index contributed by atoms with van der Waals surface area (Å²) in [5.41, 5.74) is 0. The van der Waals surface area contributed by atoms with E-state index in [4.69, 9.17) is 14.4 Å². The topological polar surface area (TPSA) is 150 Å². The van der Waals surface area contributed by atoms with E-state index in [1.165, 1.54) is 0 Å². The van der Waals surface area contributed by atoms with Gasteiger partial charge >= 0.3 is 35.5 Å². The van der Waals surface area contributed by atoms with Crippen molar-refractivity contribution in [3.63, 3.8) is 0 Å². The van der Waals surface area contributed by atoms with Gasteiger partial charge in [0, 0.05) is 25.6 Å². The molecule has 0 aliphatic carbocycles. The number of ether oxygens (including phenoxy) is 2. The molecule has 9 nitrogen and oxygen atoms in total. The average Bonchev–Trinajstić information content (AvgIpc) is 2.59. The van der Waals surface area contributed by atoms with Gasteiger partial charge in [-0.2, -0.15) is 8.42 Å². The molecule has 0 saturated carbocycles. The Kier molecular flexibility index (Phi) is 21.1. The Morgan fingerprint density at radius 1 is 1.21 bits per heavy atom. The van der Waals surface area contributed by atoms with Crippen molar-refractivity contribution in [2.24, 2.45) is 0 Å². The number of carboxylic acids is 1. The third-order valence-electron chi connectivity index (χ3n) is 2.48. The molecule has 0 aliphatic heterocycles. The standard InChI is InChI=1S/C7H10O7S.C6H6O.C4H10O.Na/c1-2-3-14-7(10)5(4-6(8)9)15(11,12)13;7-6-4-2-1-3-5-6;1-3-5-4-2;/h2,5H,1,3-4H2,(H,8,9)(H,11,12,13);1-5,7H;3-4H2,1-2H3;/q;;;+1/p-1. The van der Waals surface area contributed by atoms with Gasteiger partial charge in [-0.1, -0.05) is 30.9 Å². The number of carbonyl (C=O) groups excluding carboxylic acids is 2. The number of phenols is 1. The van der Waals surface area contributed by atoms with Crippen LogP contribution in [0, 0.1) is 0 Å². The van der Waals surface area contributed by atoms with Crippen molar-refractivity contribution in [3.8, 4) is 5.75 Å². The summed E-state index contributed by atoms with van der Waals surface area (Å²) in [6, 6.07) is 8.71. The molecule has 0 amide bonds. The predicted molar refractivity (Wildman–Crippen MR) is 96.4 cm³/mol. The van der Waals surface area contributed by atoms with Gasteiger partial charge in [0.1, 0.15) is 12.4 Å². The zero-order valence-corrected chi connectivity index (χ0v) is 19.1. The minimum absolute atomic E-state index is 0. The molecule has 1 aromatic carbocycles. The van der Waals surface area contributed by atoms with Gasteiger partial charge in [0.05, 0.1) is 0 Å². The van der Waals surface area contributed by atoms with Crippen LogP contribution in [0.1, 0.15) is 20.3 Å². The van der Waals surface area contributed by atoms with Crippen molar-refractivity contribution >= 4 is 22.1 Å². The van der Waals surface area contributed by atoms with Crippen molar-refractivity contribution < 1.29 is 71.8 Å². The predicted octanol–water partition coefficient (Wildman–Crippen LogP) is -2.45. The van der Waals surface area contributed by atoms with Crippen molar-refractivity contribution in [3.05, 3.63) is 43.0 Å². The van der Waals surface area contributed by atoms with E-state index in [1.54, 1.807) is 24.3 Å². The SMILES string of the molecule is C=CCOC(=O)C(CC(=O)[O-])S(=O)(=O)O.CCOCC.Oc1ccccc1.[Na+]. The molecule has 11 heteroatoms. The number of carbonyl (C=O) groups is 2. The molecule has 0 spiro atoms. The Labute approximate surface area is 187 Å². The third-order valence-corrected chi connectivity index (χ3v) is 3.56. The monoisotopic (exact) mass is 428 g/mol. The van der Waals surface area contributed by atoms with E-state index in [2.05, 4.69) is 11.3 Å². The number of rotatable bonds is 8. The Balaban J connectivity index is -0.000000396. The summed E-state index contributed by atoms with van der Waals surface area (Å²) in [6.07, 6.45) is 0.00673. The van der Waals surface area contributed by atoms with Gasteiger partial charge in [0.2, 0.25) is 0 Å². The smallest absolute Gasteiger partial charge is 0.550 e. The van der Waals surface area contributed by atoms with Gasteiger partial charge < -0.3 is 24.5 Å². The van der Waals surface area contributed by atoms with Crippen LogP contribution in [0.5, 0.6) is 5.75 Å². The van der Waals surface area contributed by atoms with E-state index >= 15 is 0 Å². The summed E-state index contributed by atoms with van der Waals surface area (Å²) in [5, 5.41) is 16.6. The normalized spacial score (nSPS) is 10.5. The molecule has 1 rings (SSSR count). The molecule has 1 aromatic rings. The van der Waals surface area contributed by atoms with Gasteiger partial charge in [0.25, 0.3) is 10.1 Å². The number of esters is 1. The minimum Gasteiger partial charge on any atom is -0.550 e. The fourth-order valence-corrected chi connectivity index (χ4v) is 1.99. The average molecular weight is 428 g/mol. The summed E-state index contributed by atoms with van der Waals surface area (Å²) < 4.78 is 38.9. The fourth-order valence-electron chi connectivity index (χ4n) is 1.33. The molecule has 28 heavy (non-hydrogen) atoms. The molecule has 0 heterocycles. The molecular weight excluding hydrogens is 403 g/mol. The Morgan fingerprint density at radius 3 is 1.96 bits per heavy atom. The van der Waals surface area contributed by atoms with Crippen molar-refractivity contribution in [1.82, 2.24) is 0 Å². The molecule has 1 unspecified atom stereocenters. The number of hydrogen-bond donors (Lipinski definition) is 2. The van der Waals surface area contributed by atoms with Gasteiger partial charge in [-0.05, 0) is 26.0 Å². The second-order valence-electron chi connectivity index (χ2n) is 4.62. The zero-order valence-electron chi connectivity index (χ0n) is 16.2. The van der Waals surface area contributed by atoms with Crippen LogP contribution in [0.25, 0.3) is 0 Å². The van der Waals surface area contributed by atoms with E-state index in [-0.39, 0.29) is 36.2 Å². The Hall–Kier alpha value is -1.43. The molecular formula is C17H25NaO9S. The second-order valence-corrected chi connectivity index (χ2v) is 6.21. The Bertz CT molecular complexity index is 646. The number of benzene rings is 1.